The van der Waals surface area contributed by atoms with Gasteiger partial charge in [0.25, 0.3) is 0 Å². The maximum atomic E-state index is 12.0. The minimum absolute atomic E-state index is 0.0606. The molecule has 0 unspecified atom stereocenters. The summed E-state index contributed by atoms with van der Waals surface area (Å²) in [5, 5.41) is 18.3. The molecule has 0 aromatic heterocycles. The van der Waals surface area contributed by atoms with Crippen LogP contribution in [0.2, 0.25) is 0 Å². The van der Waals surface area contributed by atoms with Gasteiger partial charge in [-0.25, -0.2) is 17.9 Å². The number of phenols is 1. The summed E-state index contributed by atoms with van der Waals surface area (Å²) in [6.07, 6.45) is 0. The summed E-state index contributed by atoms with van der Waals surface area (Å²) in [5.41, 5.74) is 0.427. The van der Waals surface area contributed by atoms with Crippen molar-refractivity contribution in [3.05, 3.63) is 35.4 Å². The third-order valence-corrected chi connectivity index (χ3v) is 3.92. The summed E-state index contributed by atoms with van der Waals surface area (Å²) in [7, 11) is -3.84. The van der Waals surface area contributed by atoms with Crippen LogP contribution >= 0.6 is 0 Å². The Morgan fingerprint density at radius 1 is 1.42 bits per heavy atom. The molecule has 3 N–H and O–H groups in total. The molecule has 1 aromatic rings. The Morgan fingerprint density at radius 3 is 2.47 bits per heavy atom. The highest BCUT2D eigenvalue weighted by Gasteiger charge is 2.21. The molecule has 0 saturated carbocycles. The van der Waals surface area contributed by atoms with E-state index >= 15 is 0 Å². The number of nitrogens with one attached hydrogen (secondary N) is 1. The van der Waals surface area contributed by atoms with E-state index in [4.69, 9.17) is 5.11 Å². The molecule has 0 amide bonds. The number of aryl methyl sites for hydroxylation is 1. The van der Waals surface area contributed by atoms with Gasteiger partial charge >= 0.3 is 5.97 Å². The van der Waals surface area contributed by atoms with Crippen LogP contribution in [0.5, 0.6) is 5.75 Å². The Labute approximate surface area is 111 Å². The number of hydrogen-bond donors (Lipinski definition) is 3. The Bertz CT molecular complexity index is 634. The van der Waals surface area contributed by atoms with Crippen LogP contribution in [-0.2, 0) is 10.0 Å². The highest BCUT2D eigenvalue weighted by molar-refractivity contribution is 7.89. The Hall–Kier alpha value is -1.86. The van der Waals surface area contributed by atoms with E-state index in [2.05, 4.69) is 11.3 Å². The average Bonchev–Trinajstić information content (AvgIpc) is 2.25. The van der Waals surface area contributed by atoms with E-state index in [0.717, 1.165) is 12.1 Å². The van der Waals surface area contributed by atoms with E-state index in [-0.39, 0.29) is 17.0 Å². The molecule has 0 atom stereocenters. The first-order valence-corrected chi connectivity index (χ1v) is 6.84. The van der Waals surface area contributed by atoms with Crippen molar-refractivity contribution in [2.75, 3.05) is 6.54 Å². The van der Waals surface area contributed by atoms with Gasteiger partial charge in [-0.1, -0.05) is 12.2 Å². The predicted molar refractivity (Wildman–Crippen MR) is 69.8 cm³/mol. The van der Waals surface area contributed by atoms with Crippen molar-refractivity contribution in [3.8, 4) is 5.75 Å². The zero-order chi connectivity index (χ0) is 14.8. The third kappa shape index (κ3) is 3.55. The number of carboxylic acid groups (broad SMARTS) is 1. The zero-order valence-electron chi connectivity index (χ0n) is 10.6. The zero-order valence-corrected chi connectivity index (χ0v) is 11.4. The van der Waals surface area contributed by atoms with Gasteiger partial charge in [0.15, 0.2) is 0 Å². The second kappa shape index (κ2) is 5.41. The lowest BCUT2D eigenvalue weighted by Crippen LogP contribution is -2.26. The van der Waals surface area contributed by atoms with E-state index in [1.54, 1.807) is 6.92 Å². The molecule has 0 aliphatic rings. The van der Waals surface area contributed by atoms with E-state index in [0.29, 0.717) is 5.57 Å². The van der Waals surface area contributed by atoms with Gasteiger partial charge in [0, 0.05) is 6.54 Å². The predicted octanol–water partition coefficient (Wildman–Crippen LogP) is 1.25. The average molecular weight is 285 g/mol. The number of benzene rings is 1. The van der Waals surface area contributed by atoms with Crippen molar-refractivity contribution in [3.63, 3.8) is 0 Å². The summed E-state index contributed by atoms with van der Waals surface area (Å²) in [5.74, 6) is -1.86. The van der Waals surface area contributed by atoms with Crippen LogP contribution in [0, 0.1) is 6.92 Å². The lowest BCUT2D eigenvalue weighted by atomic mass is 10.1. The normalized spacial score (nSPS) is 11.3. The molecular weight excluding hydrogens is 270 g/mol. The van der Waals surface area contributed by atoms with Gasteiger partial charge in [-0.05, 0) is 31.5 Å². The second-order valence-electron chi connectivity index (χ2n) is 4.22. The van der Waals surface area contributed by atoms with Gasteiger partial charge in [0.05, 0.1) is 4.90 Å². The van der Waals surface area contributed by atoms with Crippen LogP contribution in [0.1, 0.15) is 22.8 Å². The summed E-state index contributed by atoms with van der Waals surface area (Å²) in [6.45, 7) is 6.77. The number of rotatable bonds is 5. The van der Waals surface area contributed by atoms with Crippen molar-refractivity contribution in [2.24, 2.45) is 0 Å². The second-order valence-corrected chi connectivity index (χ2v) is 5.96. The van der Waals surface area contributed by atoms with Crippen LogP contribution < -0.4 is 4.72 Å². The number of aromatic hydroxyl groups is 1. The van der Waals surface area contributed by atoms with Crippen LogP contribution in [0.25, 0.3) is 0 Å². The third-order valence-electron chi connectivity index (χ3n) is 2.38. The number of hydrogen-bond acceptors (Lipinski definition) is 4. The topological polar surface area (TPSA) is 104 Å². The number of sulfonamides is 1. The van der Waals surface area contributed by atoms with Gasteiger partial charge < -0.3 is 10.2 Å². The van der Waals surface area contributed by atoms with Gasteiger partial charge in [-0.3, -0.25) is 0 Å². The van der Waals surface area contributed by atoms with Gasteiger partial charge in [-0.15, -0.1) is 0 Å². The highest BCUT2D eigenvalue weighted by atomic mass is 32.2. The molecule has 0 spiro atoms. The first-order valence-electron chi connectivity index (χ1n) is 5.36. The number of carboxylic acids is 1. The Kier molecular flexibility index (Phi) is 4.33. The molecular formula is C12H15NO5S. The Morgan fingerprint density at radius 2 is 2.00 bits per heavy atom. The van der Waals surface area contributed by atoms with Gasteiger partial charge in [0.2, 0.25) is 10.0 Å². The molecule has 0 fully saturated rings. The van der Waals surface area contributed by atoms with Crippen molar-refractivity contribution in [1.82, 2.24) is 4.72 Å². The standard InChI is InChI=1S/C12H15NO5S/c1-7(2)6-13-19(17,18)11-5-9(12(15)16)10(14)4-8(11)3/h4-5,13-14H,1,6H2,2-3H3,(H,15,16). The molecule has 7 heteroatoms. The van der Waals surface area contributed by atoms with E-state index in [1.165, 1.54) is 6.92 Å². The van der Waals surface area contributed by atoms with Gasteiger partial charge in [-0.2, -0.15) is 0 Å². The highest BCUT2D eigenvalue weighted by Crippen LogP contribution is 2.25. The van der Waals surface area contributed by atoms with Crippen molar-refractivity contribution >= 4 is 16.0 Å². The molecule has 0 bridgehead atoms. The van der Waals surface area contributed by atoms with E-state index < -0.39 is 27.3 Å². The maximum Gasteiger partial charge on any atom is 0.339 e. The first kappa shape index (κ1) is 15.2. The molecule has 1 rings (SSSR count). The minimum atomic E-state index is -3.84. The molecule has 0 heterocycles. The summed E-state index contributed by atoms with van der Waals surface area (Å²) < 4.78 is 26.3. The molecule has 0 aliphatic carbocycles. The first-order chi connectivity index (χ1) is 8.65. The van der Waals surface area contributed by atoms with Crippen molar-refractivity contribution in [1.29, 1.82) is 0 Å². The number of carbonyl (C=O) groups is 1. The minimum Gasteiger partial charge on any atom is -0.507 e. The number of aromatic carboxylic acids is 1. The summed E-state index contributed by atoms with van der Waals surface area (Å²) in [4.78, 5) is 10.7. The monoisotopic (exact) mass is 285 g/mol. The van der Waals surface area contributed by atoms with E-state index in [9.17, 15) is 18.3 Å². The summed E-state index contributed by atoms with van der Waals surface area (Å²) >= 11 is 0. The van der Waals surface area contributed by atoms with Crippen molar-refractivity contribution < 1.29 is 23.4 Å². The SMILES string of the molecule is C=C(C)CNS(=O)(=O)c1cc(C(=O)O)c(O)cc1C. The molecule has 0 aliphatic heterocycles. The molecule has 0 saturated heterocycles. The fourth-order valence-electron chi connectivity index (χ4n) is 1.43. The fourth-order valence-corrected chi connectivity index (χ4v) is 2.78. The largest absolute Gasteiger partial charge is 0.507 e. The maximum absolute atomic E-state index is 12.0. The van der Waals surface area contributed by atoms with Crippen molar-refractivity contribution in [2.45, 2.75) is 18.7 Å². The van der Waals surface area contributed by atoms with Crippen LogP contribution in [-0.4, -0.2) is 31.1 Å². The summed E-state index contributed by atoms with van der Waals surface area (Å²) in [6, 6.07) is 2.05. The van der Waals surface area contributed by atoms with Crippen LogP contribution in [0.3, 0.4) is 0 Å². The molecule has 19 heavy (non-hydrogen) atoms. The van der Waals surface area contributed by atoms with Gasteiger partial charge in [0.1, 0.15) is 11.3 Å². The lowest BCUT2D eigenvalue weighted by Gasteiger charge is -2.11. The molecule has 6 nitrogen and oxygen atoms in total. The molecule has 0 radical (unpaired) electrons. The fraction of sp³-hybridized carbons (Fsp3) is 0.250. The van der Waals surface area contributed by atoms with Crippen LogP contribution in [0.4, 0.5) is 0 Å². The molecule has 1 aromatic carbocycles. The molecule has 104 valence electrons. The van der Waals surface area contributed by atoms with E-state index in [1.807, 2.05) is 0 Å². The smallest absolute Gasteiger partial charge is 0.339 e. The van der Waals surface area contributed by atoms with Crippen LogP contribution in [0.15, 0.2) is 29.2 Å². The lowest BCUT2D eigenvalue weighted by molar-refractivity contribution is 0.0693. The quantitative estimate of drug-likeness (QED) is 0.706. The Balaban J connectivity index is 3.30.